The van der Waals surface area contributed by atoms with E-state index < -0.39 is 0 Å². The highest BCUT2D eigenvalue weighted by Crippen LogP contribution is 2.35. The van der Waals surface area contributed by atoms with Crippen LogP contribution in [0.4, 0.5) is 0 Å². The maximum absolute atomic E-state index is 5.62. The molecule has 0 spiro atoms. The van der Waals surface area contributed by atoms with E-state index in [0.717, 1.165) is 16.0 Å². The van der Waals surface area contributed by atoms with Gasteiger partial charge in [0.2, 0.25) is 5.06 Å². The maximum atomic E-state index is 5.62. The summed E-state index contributed by atoms with van der Waals surface area (Å²) in [6.07, 6.45) is 0. The molecular formula is C13H11NOS. The van der Waals surface area contributed by atoms with Gasteiger partial charge in [-0.2, -0.15) is 4.37 Å². The standard InChI is InChI=1S/C13H11NOS/c1-2-15-13-12-10-6-4-3-5-9(10)7-8-11(12)14-16-13/h3-8H,2H2,1H3. The first kappa shape index (κ1) is 9.60. The normalized spacial score (nSPS) is 11.1. The second kappa shape index (κ2) is 3.76. The summed E-state index contributed by atoms with van der Waals surface area (Å²) in [6, 6.07) is 12.5. The van der Waals surface area contributed by atoms with Crippen molar-refractivity contribution in [3.63, 3.8) is 0 Å². The first-order valence-corrected chi connectivity index (χ1v) is 6.07. The molecule has 0 unspecified atom stereocenters. The van der Waals surface area contributed by atoms with Crippen LogP contribution in [0, 0.1) is 0 Å². The zero-order valence-corrected chi connectivity index (χ0v) is 9.75. The van der Waals surface area contributed by atoms with Gasteiger partial charge >= 0.3 is 0 Å². The van der Waals surface area contributed by atoms with E-state index in [2.05, 4.69) is 34.7 Å². The molecule has 0 saturated carbocycles. The highest BCUT2D eigenvalue weighted by atomic mass is 32.1. The number of aromatic nitrogens is 1. The van der Waals surface area contributed by atoms with Crippen molar-refractivity contribution in [3.05, 3.63) is 36.4 Å². The third-order valence-corrected chi connectivity index (χ3v) is 3.39. The summed E-state index contributed by atoms with van der Waals surface area (Å²) in [7, 11) is 0. The third-order valence-electron chi connectivity index (χ3n) is 2.61. The Balaban J connectivity index is 2.42. The molecule has 1 heterocycles. The van der Waals surface area contributed by atoms with Crippen molar-refractivity contribution in [1.82, 2.24) is 4.37 Å². The molecule has 0 aliphatic carbocycles. The Labute approximate surface area is 97.6 Å². The third kappa shape index (κ3) is 1.36. The Bertz CT molecular complexity index is 645. The summed E-state index contributed by atoms with van der Waals surface area (Å²) < 4.78 is 10.0. The van der Waals surface area contributed by atoms with Gasteiger partial charge in [-0.25, -0.2) is 0 Å². The summed E-state index contributed by atoms with van der Waals surface area (Å²) in [5.74, 6) is 0. The summed E-state index contributed by atoms with van der Waals surface area (Å²) >= 11 is 1.43. The van der Waals surface area contributed by atoms with Gasteiger partial charge in [-0.1, -0.05) is 30.3 Å². The van der Waals surface area contributed by atoms with Crippen molar-refractivity contribution >= 4 is 33.2 Å². The van der Waals surface area contributed by atoms with Crippen molar-refractivity contribution in [2.45, 2.75) is 6.92 Å². The van der Waals surface area contributed by atoms with Crippen LogP contribution in [0.25, 0.3) is 21.7 Å². The van der Waals surface area contributed by atoms with Crippen LogP contribution in [0.3, 0.4) is 0 Å². The molecule has 0 bridgehead atoms. The zero-order chi connectivity index (χ0) is 11.0. The fourth-order valence-electron chi connectivity index (χ4n) is 1.92. The van der Waals surface area contributed by atoms with Crippen LogP contribution < -0.4 is 4.74 Å². The molecular weight excluding hydrogens is 218 g/mol. The van der Waals surface area contributed by atoms with Gasteiger partial charge in [0.15, 0.2) is 0 Å². The predicted octanol–water partition coefficient (Wildman–Crippen LogP) is 3.85. The van der Waals surface area contributed by atoms with E-state index in [1.54, 1.807) is 0 Å². The molecule has 0 amide bonds. The second-order valence-electron chi connectivity index (χ2n) is 3.58. The van der Waals surface area contributed by atoms with Crippen molar-refractivity contribution in [2.24, 2.45) is 0 Å². The minimum Gasteiger partial charge on any atom is -0.483 e. The van der Waals surface area contributed by atoms with Crippen LogP contribution >= 0.6 is 11.5 Å². The van der Waals surface area contributed by atoms with E-state index in [1.165, 1.54) is 22.3 Å². The fourth-order valence-corrected chi connectivity index (χ4v) is 2.73. The molecule has 3 aromatic rings. The Morgan fingerprint density at radius 1 is 1.19 bits per heavy atom. The number of rotatable bonds is 2. The molecule has 0 saturated heterocycles. The van der Waals surface area contributed by atoms with Gasteiger partial charge < -0.3 is 4.74 Å². The summed E-state index contributed by atoms with van der Waals surface area (Å²) in [5, 5.41) is 4.52. The molecule has 3 rings (SSSR count). The van der Waals surface area contributed by atoms with E-state index in [9.17, 15) is 0 Å². The van der Waals surface area contributed by atoms with E-state index in [-0.39, 0.29) is 0 Å². The molecule has 2 aromatic carbocycles. The average molecular weight is 229 g/mol. The van der Waals surface area contributed by atoms with Crippen LogP contribution in [-0.2, 0) is 0 Å². The minimum absolute atomic E-state index is 0.681. The Hall–Kier alpha value is -1.61. The topological polar surface area (TPSA) is 22.1 Å². The Morgan fingerprint density at radius 2 is 2.06 bits per heavy atom. The number of nitrogens with zero attached hydrogens (tertiary/aromatic N) is 1. The number of hydrogen-bond donors (Lipinski definition) is 0. The minimum atomic E-state index is 0.681. The van der Waals surface area contributed by atoms with Gasteiger partial charge in [-0.15, -0.1) is 0 Å². The lowest BCUT2D eigenvalue weighted by Crippen LogP contribution is -1.88. The highest BCUT2D eigenvalue weighted by Gasteiger charge is 2.09. The quantitative estimate of drug-likeness (QED) is 0.666. The lowest BCUT2D eigenvalue weighted by Gasteiger charge is -2.02. The molecule has 0 atom stereocenters. The fraction of sp³-hybridized carbons (Fsp3) is 0.154. The van der Waals surface area contributed by atoms with E-state index in [1.807, 2.05) is 13.0 Å². The maximum Gasteiger partial charge on any atom is 0.201 e. The Morgan fingerprint density at radius 3 is 2.94 bits per heavy atom. The monoisotopic (exact) mass is 229 g/mol. The summed E-state index contributed by atoms with van der Waals surface area (Å²) in [5.41, 5.74) is 1.02. The van der Waals surface area contributed by atoms with Crippen molar-refractivity contribution in [3.8, 4) is 5.06 Å². The number of benzene rings is 2. The van der Waals surface area contributed by atoms with Gasteiger partial charge in [0.1, 0.15) is 0 Å². The molecule has 80 valence electrons. The number of fused-ring (bicyclic) bond motifs is 3. The van der Waals surface area contributed by atoms with Gasteiger partial charge in [0, 0.05) is 11.5 Å². The SMILES string of the molecule is CCOc1snc2ccc3ccccc3c12. The number of ether oxygens (including phenoxy) is 1. The first-order chi connectivity index (χ1) is 7.90. The second-order valence-corrected chi connectivity index (χ2v) is 4.32. The Kier molecular flexibility index (Phi) is 2.26. The van der Waals surface area contributed by atoms with Gasteiger partial charge in [-0.05, 0) is 23.8 Å². The van der Waals surface area contributed by atoms with Crippen LogP contribution in [-0.4, -0.2) is 11.0 Å². The summed E-state index contributed by atoms with van der Waals surface area (Å²) in [6.45, 7) is 2.68. The van der Waals surface area contributed by atoms with Crippen molar-refractivity contribution < 1.29 is 4.74 Å². The molecule has 0 aliphatic rings. The zero-order valence-electron chi connectivity index (χ0n) is 8.93. The average Bonchev–Trinajstić information content (AvgIpc) is 2.73. The first-order valence-electron chi connectivity index (χ1n) is 5.30. The summed E-state index contributed by atoms with van der Waals surface area (Å²) in [4.78, 5) is 0. The molecule has 1 aromatic heterocycles. The van der Waals surface area contributed by atoms with Crippen LogP contribution in [0.15, 0.2) is 36.4 Å². The van der Waals surface area contributed by atoms with E-state index in [4.69, 9.17) is 4.74 Å². The molecule has 16 heavy (non-hydrogen) atoms. The lowest BCUT2D eigenvalue weighted by molar-refractivity contribution is 0.354. The molecule has 0 fully saturated rings. The molecule has 0 N–H and O–H groups in total. The van der Waals surface area contributed by atoms with Crippen molar-refractivity contribution in [2.75, 3.05) is 6.61 Å². The smallest absolute Gasteiger partial charge is 0.201 e. The van der Waals surface area contributed by atoms with Crippen LogP contribution in [0.1, 0.15) is 6.92 Å². The van der Waals surface area contributed by atoms with Crippen LogP contribution in [0.5, 0.6) is 5.06 Å². The molecule has 0 aliphatic heterocycles. The number of hydrogen-bond acceptors (Lipinski definition) is 3. The lowest BCUT2D eigenvalue weighted by atomic mass is 10.1. The van der Waals surface area contributed by atoms with Gasteiger partial charge in [-0.3, -0.25) is 0 Å². The highest BCUT2D eigenvalue weighted by molar-refractivity contribution is 7.09. The molecule has 2 nitrogen and oxygen atoms in total. The predicted molar refractivity (Wildman–Crippen MR) is 68.3 cm³/mol. The molecule has 3 heteroatoms. The van der Waals surface area contributed by atoms with Gasteiger partial charge in [0.25, 0.3) is 0 Å². The van der Waals surface area contributed by atoms with E-state index in [0.29, 0.717) is 6.61 Å². The largest absolute Gasteiger partial charge is 0.483 e. The molecule has 0 radical (unpaired) electrons. The van der Waals surface area contributed by atoms with Crippen LogP contribution in [0.2, 0.25) is 0 Å². The van der Waals surface area contributed by atoms with E-state index >= 15 is 0 Å². The van der Waals surface area contributed by atoms with Crippen molar-refractivity contribution in [1.29, 1.82) is 0 Å². The van der Waals surface area contributed by atoms with Gasteiger partial charge in [0.05, 0.1) is 17.5 Å².